The molecule has 2 heteroatoms. The van der Waals surface area contributed by atoms with Crippen molar-refractivity contribution in [3.63, 3.8) is 0 Å². The molecule has 0 saturated carbocycles. The second-order valence-electron chi connectivity index (χ2n) is 3.91. The fourth-order valence-electron chi connectivity index (χ4n) is 1.60. The van der Waals surface area contributed by atoms with Crippen LogP contribution in [0, 0.1) is 0 Å². The van der Waals surface area contributed by atoms with Crippen molar-refractivity contribution in [1.29, 1.82) is 0 Å². The maximum absolute atomic E-state index is 8.57. The number of hydrogen-bond donors (Lipinski definition) is 2. The lowest BCUT2D eigenvalue weighted by molar-refractivity contribution is 0.282. The van der Waals surface area contributed by atoms with Crippen LogP contribution >= 0.6 is 0 Å². The van der Waals surface area contributed by atoms with E-state index >= 15 is 0 Å². The lowest BCUT2D eigenvalue weighted by Crippen LogP contribution is -1.84. The normalized spacial score (nSPS) is 9.60. The molecule has 0 aliphatic rings. The Morgan fingerprint density at radius 1 is 0.600 bits per heavy atom. The van der Waals surface area contributed by atoms with E-state index in [1.807, 2.05) is 0 Å². The van der Waals surface area contributed by atoms with E-state index in [0.29, 0.717) is 6.61 Å². The van der Waals surface area contributed by atoms with E-state index in [9.17, 15) is 0 Å². The Morgan fingerprint density at radius 2 is 0.933 bits per heavy atom. The summed E-state index contributed by atoms with van der Waals surface area (Å²) >= 11 is 0. The van der Waals surface area contributed by atoms with Crippen LogP contribution < -0.4 is 0 Å². The summed E-state index contributed by atoms with van der Waals surface area (Å²) in [5, 5.41) is 15.6. The minimum atomic E-state index is 0.372. The largest absolute Gasteiger partial charge is 0.400 e. The van der Waals surface area contributed by atoms with Gasteiger partial charge in [-0.15, -0.1) is 0 Å². The van der Waals surface area contributed by atoms with Crippen molar-refractivity contribution in [2.75, 3.05) is 13.7 Å². The predicted molar refractivity (Wildman–Crippen MR) is 67.1 cm³/mol. The molecule has 0 saturated heterocycles. The van der Waals surface area contributed by atoms with Gasteiger partial charge in [0.2, 0.25) is 0 Å². The van der Waals surface area contributed by atoms with Crippen molar-refractivity contribution in [3.8, 4) is 0 Å². The Balaban J connectivity index is 0. The van der Waals surface area contributed by atoms with E-state index < -0.39 is 0 Å². The molecule has 0 atom stereocenters. The van der Waals surface area contributed by atoms with Gasteiger partial charge in [0.25, 0.3) is 0 Å². The van der Waals surface area contributed by atoms with E-state index in [1.165, 1.54) is 57.8 Å². The molecule has 15 heavy (non-hydrogen) atoms. The minimum Gasteiger partial charge on any atom is -0.400 e. The van der Waals surface area contributed by atoms with Crippen LogP contribution in [0.3, 0.4) is 0 Å². The van der Waals surface area contributed by atoms with Crippen LogP contribution in [-0.4, -0.2) is 23.9 Å². The van der Waals surface area contributed by atoms with Crippen LogP contribution in [0.15, 0.2) is 0 Å². The van der Waals surface area contributed by atoms with E-state index in [-0.39, 0.29) is 0 Å². The zero-order chi connectivity index (χ0) is 11.8. The third-order valence-corrected chi connectivity index (χ3v) is 2.51. The van der Waals surface area contributed by atoms with Crippen LogP contribution in [0.5, 0.6) is 0 Å². The van der Waals surface area contributed by atoms with Gasteiger partial charge in [0.15, 0.2) is 0 Å². The van der Waals surface area contributed by atoms with Gasteiger partial charge in [0, 0.05) is 13.7 Å². The Bertz CT molecular complexity index is 74.6. The van der Waals surface area contributed by atoms with Crippen molar-refractivity contribution in [1.82, 2.24) is 0 Å². The molecule has 0 heterocycles. The summed E-state index contributed by atoms with van der Waals surface area (Å²) in [6.45, 7) is 2.63. The molecule has 0 spiro atoms. The Labute approximate surface area is 95.7 Å². The first-order chi connectivity index (χ1) is 7.41. The monoisotopic (exact) mass is 218 g/mol. The zero-order valence-corrected chi connectivity index (χ0v) is 10.7. The van der Waals surface area contributed by atoms with Crippen LogP contribution in [-0.2, 0) is 0 Å². The first kappa shape index (κ1) is 17.3. The first-order valence-electron chi connectivity index (χ1n) is 6.47. The molecule has 94 valence electrons. The van der Waals surface area contributed by atoms with Gasteiger partial charge in [0.1, 0.15) is 0 Å². The van der Waals surface area contributed by atoms with Crippen molar-refractivity contribution in [2.45, 2.75) is 71.1 Å². The molecule has 0 fully saturated rings. The molecule has 0 bridgehead atoms. The number of aliphatic hydroxyl groups excluding tert-OH is 2. The van der Waals surface area contributed by atoms with E-state index in [0.717, 1.165) is 13.5 Å². The quantitative estimate of drug-likeness (QED) is 0.551. The molecule has 0 aromatic carbocycles. The van der Waals surface area contributed by atoms with Crippen LogP contribution in [0.4, 0.5) is 0 Å². The van der Waals surface area contributed by atoms with Crippen LogP contribution in [0.25, 0.3) is 0 Å². The van der Waals surface area contributed by atoms with Crippen molar-refractivity contribution >= 4 is 0 Å². The van der Waals surface area contributed by atoms with Gasteiger partial charge in [-0.1, -0.05) is 64.7 Å². The second kappa shape index (κ2) is 19.5. The summed E-state index contributed by atoms with van der Waals surface area (Å²) in [6.07, 6.45) is 13.3. The molecule has 0 aliphatic carbocycles. The zero-order valence-electron chi connectivity index (χ0n) is 10.7. The van der Waals surface area contributed by atoms with Gasteiger partial charge in [0.05, 0.1) is 0 Å². The summed E-state index contributed by atoms with van der Waals surface area (Å²) in [7, 11) is 1.00. The number of aliphatic hydroxyl groups is 2. The first-order valence-corrected chi connectivity index (χ1v) is 6.47. The van der Waals surface area contributed by atoms with Crippen molar-refractivity contribution in [3.05, 3.63) is 0 Å². The average Bonchev–Trinajstić information content (AvgIpc) is 2.30. The van der Waals surface area contributed by atoms with Crippen molar-refractivity contribution in [2.24, 2.45) is 0 Å². The van der Waals surface area contributed by atoms with E-state index in [1.54, 1.807) is 0 Å². The van der Waals surface area contributed by atoms with Gasteiger partial charge in [-0.3, -0.25) is 0 Å². The number of unbranched alkanes of at least 4 members (excludes halogenated alkanes) is 9. The molecule has 2 N–H and O–H groups in total. The summed E-state index contributed by atoms with van der Waals surface area (Å²) in [4.78, 5) is 0. The van der Waals surface area contributed by atoms with Gasteiger partial charge in [-0.05, 0) is 6.42 Å². The number of rotatable bonds is 10. The predicted octanol–water partition coefficient (Wildman–Crippen LogP) is 3.51. The maximum atomic E-state index is 8.57. The minimum absolute atomic E-state index is 0.372. The summed E-state index contributed by atoms with van der Waals surface area (Å²) in [5.74, 6) is 0. The van der Waals surface area contributed by atoms with Crippen LogP contribution in [0.2, 0.25) is 0 Å². The lowest BCUT2D eigenvalue weighted by Gasteiger charge is -2.00. The molecule has 2 nitrogen and oxygen atoms in total. The smallest absolute Gasteiger partial charge is 0.0431 e. The van der Waals surface area contributed by atoms with Gasteiger partial charge in [-0.25, -0.2) is 0 Å². The molecule has 0 unspecified atom stereocenters. The molecular weight excluding hydrogens is 188 g/mol. The average molecular weight is 218 g/mol. The highest BCUT2D eigenvalue weighted by Crippen LogP contribution is 2.09. The van der Waals surface area contributed by atoms with Crippen LogP contribution in [0.1, 0.15) is 71.1 Å². The Hall–Kier alpha value is -0.0800. The molecule has 0 amide bonds. The molecule has 0 aromatic rings. The topological polar surface area (TPSA) is 40.5 Å². The van der Waals surface area contributed by atoms with Gasteiger partial charge in [-0.2, -0.15) is 0 Å². The fourth-order valence-corrected chi connectivity index (χ4v) is 1.60. The highest BCUT2D eigenvalue weighted by molar-refractivity contribution is 4.46. The van der Waals surface area contributed by atoms with E-state index in [4.69, 9.17) is 10.2 Å². The SMILES string of the molecule is CCCCCCCCCCCCO.CO. The Morgan fingerprint density at radius 3 is 1.27 bits per heavy atom. The Kier molecular flexibility index (Phi) is 22.5. The summed E-state index contributed by atoms with van der Waals surface area (Å²) < 4.78 is 0. The second-order valence-corrected chi connectivity index (χ2v) is 3.91. The van der Waals surface area contributed by atoms with Crippen molar-refractivity contribution < 1.29 is 10.2 Å². The number of hydrogen-bond acceptors (Lipinski definition) is 2. The van der Waals surface area contributed by atoms with Gasteiger partial charge < -0.3 is 10.2 Å². The molecule has 0 rings (SSSR count). The maximum Gasteiger partial charge on any atom is 0.0431 e. The third kappa shape index (κ3) is 20.1. The molecule has 0 radical (unpaired) electrons. The van der Waals surface area contributed by atoms with Gasteiger partial charge >= 0.3 is 0 Å². The molecule has 0 aliphatic heterocycles. The highest BCUT2D eigenvalue weighted by Gasteiger charge is 1.91. The third-order valence-electron chi connectivity index (χ3n) is 2.51. The molecule has 0 aromatic heterocycles. The molecular formula is C13H30O2. The summed E-state index contributed by atoms with van der Waals surface area (Å²) in [5.41, 5.74) is 0. The highest BCUT2D eigenvalue weighted by atomic mass is 16.3. The fraction of sp³-hybridized carbons (Fsp3) is 1.00. The van der Waals surface area contributed by atoms with E-state index in [2.05, 4.69) is 6.92 Å². The lowest BCUT2D eigenvalue weighted by atomic mass is 10.1. The standard InChI is InChI=1S/C12H26O.CH4O/c1-2-3-4-5-6-7-8-9-10-11-12-13;1-2/h13H,2-12H2,1H3;2H,1H3. The summed E-state index contributed by atoms with van der Waals surface area (Å²) in [6, 6.07) is 0.